The zero-order valence-corrected chi connectivity index (χ0v) is 12.5. The van der Waals surface area contributed by atoms with Crippen molar-refractivity contribution in [1.82, 2.24) is 4.98 Å². The van der Waals surface area contributed by atoms with Crippen LogP contribution in [0.25, 0.3) is 10.9 Å². The second-order valence-corrected chi connectivity index (χ2v) is 7.32. The van der Waals surface area contributed by atoms with Gasteiger partial charge in [0.15, 0.2) is 0 Å². The standard InChI is InChI=1S/C15H18N2OS/c1-11(17-19(18)15(2,3)4)12-9-10-16-14-8-6-5-7-13(12)14/h5-10H,1-4H3/b17-11+. The van der Waals surface area contributed by atoms with Gasteiger partial charge in [-0.3, -0.25) is 4.98 Å². The van der Waals surface area contributed by atoms with E-state index in [1.807, 2.05) is 58.0 Å². The Kier molecular flexibility index (Phi) is 3.80. The number of rotatable bonds is 2. The molecule has 0 aliphatic rings. The van der Waals surface area contributed by atoms with Crippen LogP contribution in [0, 0.1) is 0 Å². The summed E-state index contributed by atoms with van der Waals surface area (Å²) in [4.78, 5) is 4.32. The molecular weight excluding hydrogens is 256 g/mol. The third-order valence-corrected chi connectivity index (χ3v) is 4.27. The monoisotopic (exact) mass is 274 g/mol. The van der Waals surface area contributed by atoms with E-state index in [1.165, 1.54) is 0 Å². The Morgan fingerprint density at radius 1 is 1.21 bits per heavy atom. The predicted octanol–water partition coefficient (Wildman–Crippen LogP) is 3.51. The quantitative estimate of drug-likeness (QED) is 0.786. The highest BCUT2D eigenvalue weighted by Gasteiger charge is 2.19. The van der Waals surface area contributed by atoms with Crippen molar-refractivity contribution in [2.24, 2.45) is 4.40 Å². The maximum Gasteiger partial charge on any atom is 0.145 e. The van der Waals surface area contributed by atoms with Crippen LogP contribution in [0.2, 0.25) is 0 Å². The molecule has 19 heavy (non-hydrogen) atoms. The van der Waals surface area contributed by atoms with Crippen molar-refractivity contribution in [3.05, 3.63) is 42.1 Å². The Hall–Kier alpha value is -1.55. The number of hydrogen-bond donors (Lipinski definition) is 0. The molecule has 1 unspecified atom stereocenters. The van der Waals surface area contributed by atoms with Crippen molar-refractivity contribution < 1.29 is 4.21 Å². The lowest BCUT2D eigenvalue weighted by atomic mass is 10.1. The van der Waals surface area contributed by atoms with Gasteiger partial charge in [-0.05, 0) is 39.8 Å². The van der Waals surface area contributed by atoms with Gasteiger partial charge < -0.3 is 0 Å². The van der Waals surface area contributed by atoms with E-state index in [-0.39, 0.29) is 4.75 Å². The summed E-state index contributed by atoms with van der Waals surface area (Å²) in [6.07, 6.45) is 1.76. The summed E-state index contributed by atoms with van der Waals surface area (Å²) < 4.78 is 16.1. The average molecular weight is 274 g/mol. The first-order valence-corrected chi connectivity index (χ1v) is 7.31. The fourth-order valence-electron chi connectivity index (χ4n) is 1.72. The smallest absolute Gasteiger partial charge is 0.145 e. The molecule has 100 valence electrons. The van der Waals surface area contributed by atoms with Crippen LogP contribution < -0.4 is 0 Å². The summed E-state index contributed by atoms with van der Waals surface area (Å²) in [5.74, 6) is 0. The highest BCUT2D eigenvalue weighted by molar-refractivity contribution is 7.85. The number of fused-ring (bicyclic) bond motifs is 1. The molecule has 1 aromatic carbocycles. The van der Waals surface area contributed by atoms with Gasteiger partial charge in [-0.2, -0.15) is 4.40 Å². The fourth-order valence-corrected chi connectivity index (χ4v) is 2.34. The van der Waals surface area contributed by atoms with Gasteiger partial charge in [0, 0.05) is 17.1 Å². The van der Waals surface area contributed by atoms with Gasteiger partial charge in [-0.15, -0.1) is 0 Å². The minimum Gasteiger partial charge on any atom is -0.256 e. The van der Waals surface area contributed by atoms with Crippen molar-refractivity contribution in [3.8, 4) is 0 Å². The van der Waals surface area contributed by atoms with Crippen LogP contribution in [0.1, 0.15) is 33.3 Å². The van der Waals surface area contributed by atoms with E-state index in [2.05, 4.69) is 9.38 Å². The molecule has 0 bridgehead atoms. The van der Waals surface area contributed by atoms with Gasteiger partial charge in [0.1, 0.15) is 11.0 Å². The third-order valence-electron chi connectivity index (χ3n) is 2.78. The molecule has 2 aromatic rings. The predicted molar refractivity (Wildman–Crippen MR) is 81.8 cm³/mol. The molecule has 4 heteroatoms. The number of pyridine rings is 1. The number of benzene rings is 1. The average Bonchev–Trinajstić information content (AvgIpc) is 2.36. The normalized spacial score (nSPS) is 14.6. The fraction of sp³-hybridized carbons (Fsp3) is 0.333. The number of nitrogens with zero attached hydrogens (tertiary/aromatic N) is 2. The minimum absolute atomic E-state index is 0.343. The second-order valence-electron chi connectivity index (χ2n) is 5.41. The van der Waals surface area contributed by atoms with Crippen LogP contribution in [-0.2, 0) is 11.0 Å². The van der Waals surface area contributed by atoms with Crippen molar-refractivity contribution >= 4 is 27.6 Å². The summed E-state index contributed by atoms with van der Waals surface area (Å²) in [5, 5.41) is 1.04. The molecule has 0 amide bonds. The zero-order valence-electron chi connectivity index (χ0n) is 11.7. The lowest BCUT2D eigenvalue weighted by Gasteiger charge is -2.14. The van der Waals surface area contributed by atoms with Gasteiger partial charge in [0.25, 0.3) is 0 Å². The van der Waals surface area contributed by atoms with Gasteiger partial charge in [-0.25, -0.2) is 4.21 Å². The van der Waals surface area contributed by atoms with Crippen LogP contribution in [0.4, 0.5) is 0 Å². The zero-order chi connectivity index (χ0) is 14.0. The molecular formula is C15H18N2OS. The number of para-hydroxylation sites is 1. The van der Waals surface area contributed by atoms with E-state index in [1.54, 1.807) is 6.20 Å². The Labute approximate surface area is 116 Å². The first-order valence-electron chi connectivity index (χ1n) is 6.21. The molecule has 0 spiro atoms. The van der Waals surface area contributed by atoms with Crippen LogP contribution in [-0.4, -0.2) is 19.7 Å². The van der Waals surface area contributed by atoms with Gasteiger partial charge >= 0.3 is 0 Å². The molecule has 1 heterocycles. The molecule has 3 nitrogen and oxygen atoms in total. The lowest BCUT2D eigenvalue weighted by molar-refractivity contribution is 0.650. The van der Waals surface area contributed by atoms with Gasteiger partial charge in [0.05, 0.1) is 16.0 Å². The molecule has 0 N–H and O–H groups in total. The topological polar surface area (TPSA) is 42.3 Å². The highest BCUT2D eigenvalue weighted by atomic mass is 32.2. The molecule has 0 aliphatic heterocycles. The summed E-state index contributed by atoms with van der Waals surface area (Å²) >= 11 is 0. The third kappa shape index (κ3) is 3.07. The van der Waals surface area contributed by atoms with Crippen molar-refractivity contribution in [2.75, 3.05) is 0 Å². The van der Waals surface area contributed by atoms with Crippen LogP contribution >= 0.6 is 0 Å². The van der Waals surface area contributed by atoms with Crippen molar-refractivity contribution in [2.45, 2.75) is 32.4 Å². The summed E-state index contributed by atoms with van der Waals surface area (Å²) in [7, 11) is -1.24. The molecule has 2 rings (SSSR count). The Balaban J connectivity index is 2.51. The van der Waals surface area contributed by atoms with E-state index in [4.69, 9.17) is 0 Å². The SMILES string of the molecule is C/C(=N\S(=O)C(C)(C)C)c1ccnc2ccccc12. The van der Waals surface area contributed by atoms with Crippen LogP contribution in [0.3, 0.4) is 0 Å². The first kappa shape index (κ1) is 13.9. The largest absolute Gasteiger partial charge is 0.256 e. The van der Waals surface area contributed by atoms with E-state index in [0.29, 0.717) is 0 Å². The highest BCUT2D eigenvalue weighted by Crippen LogP contribution is 2.19. The molecule has 0 saturated carbocycles. The summed E-state index contributed by atoms with van der Waals surface area (Å²) in [5.41, 5.74) is 2.70. The van der Waals surface area contributed by atoms with Crippen molar-refractivity contribution in [1.29, 1.82) is 0 Å². The molecule has 1 aromatic heterocycles. The number of hydrogen-bond acceptors (Lipinski definition) is 2. The maximum atomic E-state index is 12.1. The molecule has 0 radical (unpaired) electrons. The Morgan fingerprint density at radius 2 is 1.89 bits per heavy atom. The second kappa shape index (κ2) is 5.21. The molecule has 0 saturated heterocycles. The van der Waals surface area contributed by atoms with E-state index < -0.39 is 11.0 Å². The minimum atomic E-state index is -1.24. The first-order chi connectivity index (χ1) is 8.89. The molecule has 0 fully saturated rings. The Bertz CT molecular complexity index is 651. The van der Waals surface area contributed by atoms with E-state index in [9.17, 15) is 4.21 Å². The van der Waals surface area contributed by atoms with E-state index >= 15 is 0 Å². The number of aromatic nitrogens is 1. The van der Waals surface area contributed by atoms with Gasteiger partial charge in [0.2, 0.25) is 0 Å². The lowest BCUT2D eigenvalue weighted by Crippen LogP contribution is -2.20. The summed E-state index contributed by atoms with van der Waals surface area (Å²) in [6.45, 7) is 7.66. The Morgan fingerprint density at radius 3 is 2.58 bits per heavy atom. The summed E-state index contributed by atoms with van der Waals surface area (Å²) in [6, 6.07) is 9.82. The van der Waals surface area contributed by atoms with Crippen molar-refractivity contribution in [3.63, 3.8) is 0 Å². The van der Waals surface area contributed by atoms with E-state index in [0.717, 1.165) is 22.2 Å². The molecule has 1 atom stereocenters. The van der Waals surface area contributed by atoms with Gasteiger partial charge in [-0.1, -0.05) is 18.2 Å². The maximum absolute atomic E-state index is 12.1. The van der Waals surface area contributed by atoms with Crippen LogP contribution in [0.5, 0.6) is 0 Å². The molecule has 0 aliphatic carbocycles. The van der Waals surface area contributed by atoms with Crippen LogP contribution in [0.15, 0.2) is 40.9 Å².